The standard InChI is InChI=1S/C33H31N2.ClHO4/c1-34(2)29-18-15-24(16-19-29)21-27-12-8-13-28-23-35(22-25-9-4-3-5-10-25)33-30-14-7-6-11-26(30)17-20-31(33)32(27)28;2-1(3,4)5/h3-7,9-11,14-21,23H,8,12-13,22H2,1-2H3;(H,2,3,4,5)/q+1;/p-1. The molecule has 7 heteroatoms. The van der Waals surface area contributed by atoms with Crippen molar-refractivity contribution in [2.24, 2.45) is 0 Å². The number of hydrogen-bond donors (Lipinski definition) is 0. The average molecular weight is 555 g/mol. The van der Waals surface area contributed by atoms with Gasteiger partial charge in [-0.1, -0.05) is 72.8 Å². The van der Waals surface area contributed by atoms with Crippen LogP contribution >= 0.6 is 0 Å². The third-order valence-electron chi connectivity index (χ3n) is 7.25. The van der Waals surface area contributed by atoms with E-state index in [1.165, 1.54) is 61.6 Å². The van der Waals surface area contributed by atoms with Crippen molar-refractivity contribution in [3.63, 3.8) is 0 Å². The van der Waals surface area contributed by atoms with E-state index in [0.29, 0.717) is 0 Å². The van der Waals surface area contributed by atoms with Crippen LogP contribution in [0.5, 0.6) is 0 Å². The molecule has 0 unspecified atom stereocenters. The molecular formula is C33H31ClN2O4. The van der Waals surface area contributed by atoms with E-state index in [1.807, 2.05) is 0 Å². The van der Waals surface area contributed by atoms with Gasteiger partial charge in [0, 0.05) is 36.5 Å². The molecule has 0 saturated carbocycles. The highest BCUT2D eigenvalue weighted by molar-refractivity contribution is 6.08. The summed E-state index contributed by atoms with van der Waals surface area (Å²) in [6.45, 7) is 0.879. The topological polar surface area (TPSA) is 99.4 Å². The molecule has 4 aromatic carbocycles. The van der Waals surface area contributed by atoms with Gasteiger partial charge in [-0.15, -0.1) is 10.2 Å². The van der Waals surface area contributed by atoms with Crippen molar-refractivity contribution in [3.8, 4) is 0 Å². The van der Waals surface area contributed by atoms with E-state index in [1.54, 1.807) is 0 Å². The van der Waals surface area contributed by atoms with Crippen LogP contribution in [0.15, 0.2) is 97.2 Å². The van der Waals surface area contributed by atoms with Crippen molar-refractivity contribution in [3.05, 3.63) is 119 Å². The fourth-order valence-corrected chi connectivity index (χ4v) is 5.54. The van der Waals surface area contributed by atoms with Crippen LogP contribution in [0.2, 0.25) is 0 Å². The lowest BCUT2D eigenvalue weighted by atomic mass is 9.84. The molecule has 0 bridgehead atoms. The Labute approximate surface area is 236 Å². The second kappa shape index (κ2) is 11.8. The van der Waals surface area contributed by atoms with Gasteiger partial charge in [-0.05, 0) is 60.1 Å². The molecule has 6 rings (SSSR count). The summed E-state index contributed by atoms with van der Waals surface area (Å²) in [6.07, 6.45) is 8.28. The molecule has 6 nitrogen and oxygen atoms in total. The maximum Gasteiger partial charge on any atom is 0.221 e. The predicted octanol–water partition coefficient (Wildman–Crippen LogP) is 2.52. The van der Waals surface area contributed by atoms with Crippen molar-refractivity contribution in [2.75, 3.05) is 19.0 Å². The average Bonchev–Trinajstić information content (AvgIpc) is 2.93. The van der Waals surface area contributed by atoms with Crippen LogP contribution in [0, 0.1) is 10.2 Å². The molecule has 0 aliphatic heterocycles. The van der Waals surface area contributed by atoms with E-state index < -0.39 is 10.2 Å². The first-order valence-corrected chi connectivity index (χ1v) is 14.4. The highest BCUT2D eigenvalue weighted by Crippen LogP contribution is 2.38. The van der Waals surface area contributed by atoms with Gasteiger partial charge in [-0.2, -0.15) is 4.57 Å². The number of allylic oxidation sites excluding steroid dienone is 1. The minimum atomic E-state index is -4.94. The van der Waals surface area contributed by atoms with E-state index >= 15 is 0 Å². The maximum absolute atomic E-state index is 8.49. The summed E-state index contributed by atoms with van der Waals surface area (Å²) in [6, 6.07) is 33.2. The highest BCUT2D eigenvalue weighted by atomic mass is 35.7. The second-order valence-corrected chi connectivity index (χ2v) is 11.0. The first kappa shape index (κ1) is 27.8. The molecule has 0 atom stereocenters. The van der Waals surface area contributed by atoms with Crippen LogP contribution in [0.4, 0.5) is 5.69 Å². The van der Waals surface area contributed by atoms with Crippen LogP contribution in [0.3, 0.4) is 0 Å². The van der Waals surface area contributed by atoms with Gasteiger partial charge in [-0.3, -0.25) is 0 Å². The zero-order valence-corrected chi connectivity index (χ0v) is 23.3. The summed E-state index contributed by atoms with van der Waals surface area (Å²) < 4.78 is 36.5. The molecule has 204 valence electrons. The summed E-state index contributed by atoms with van der Waals surface area (Å²) >= 11 is 0. The van der Waals surface area contributed by atoms with Crippen molar-refractivity contribution in [1.82, 2.24) is 0 Å². The molecule has 0 fully saturated rings. The molecule has 0 N–H and O–H groups in total. The van der Waals surface area contributed by atoms with Crippen LogP contribution in [-0.4, -0.2) is 14.1 Å². The minimum absolute atomic E-state index is 0.879. The molecule has 0 radical (unpaired) electrons. The number of benzene rings is 4. The van der Waals surface area contributed by atoms with Crippen LogP contribution in [0.1, 0.15) is 35.1 Å². The maximum atomic E-state index is 8.49. The molecule has 0 spiro atoms. The monoisotopic (exact) mass is 554 g/mol. The molecule has 40 heavy (non-hydrogen) atoms. The lowest BCUT2D eigenvalue weighted by molar-refractivity contribution is -2.00. The van der Waals surface area contributed by atoms with Gasteiger partial charge < -0.3 is 4.90 Å². The van der Waals surface area contributed by atoms with Gasteiger partial charge in [0.2, 0.25) is 5.52 Å². The number of hydrogen-bond acceptors (Lipinski definition) is 5. The van der Waals surface area contributed by atoms with Gasteiger partial charge in [0.05, 0.1) is 10.8 Å². The Morgan fingerprint density at radius 2 is 1.45 bits per heavy atom. The van der Waals surface area contributed by atoms with Gasteiger partial charge in [0.15, 0.2) is 12.7 Å². The summed E-state index contributed by atoms with van der Waals surface area (Å²) in [4.78, 5) is 2.15. The number of anilines is 1. The Balaban J connectivity index is 0.000000595. The van der Waals surface area contributed by atoms with Gasteiger partial charge in [-0.25, -0.2) is 18.6 Å². The molecular weight excluding hydrogens is 524 g/mol. The first-order valence-electron chi connectivity index (χ1n) is 13.2. The Bertz CT molecular complexity index is 1650. The molecule has 5 aromatic rings. The van der Waals surface area contributed by atoms with Gasteiger partial charge in [0.1, 0.15) is 0 Å². The Morgan fingerprint density at radius 1 is 0.775 bits per heavy atom. The number of rotatable bonds is 4. The number of fused-ring (bicyclic) bond motifs is 5. The van der Waals surface area contributed by atoms with E-state index in [2.05, 4.69) is 127 Å². The largest absolute Gasteiger partial charge is 0.378 e. The highest BCUT2D eigenvalue weighted by Gasteiger charge is 2.25. The number of nitrogens with zero attached hydrogens (tertiary/aromatic N) is 2. The van der Waals surface area contributed by atoms with E-state index in [0.717, 1.165) is 19.4 Å². The minimum Gasteiger partial charge on any atom is -0.378 e. The van der Waals surface area contributed by atoms with E-state index in [4.69, 9.17) is 18.6 Å². The van der Waals surface area contributed by atoms with E-state index in [-0.39, 0.29) is 0 Å². The van der Waals surface area contributed by atoms with Crippen molar-refractivity contribution < 1.29 is 33.4 Å². The Kier molecular flexibility index (Phi) is 8.17. The molecule has 1 heterocycles. The zero-order valence-electron chi connectivity index (χ0n) is 22.5. The molecule has 1 aliphatic carbocycles. The smallest absolute Gasteiger partial charge is 0.221 e. The number of halogens is 1. The van der Waals surface area contributed by atoms with Gasteiger partial charge >= 0.3 is 0 Å². The van der Waals surface area contributed by atoms with Crippen LogP contribution < -0.4 is 28.1 Å². The fourth-order valence-electron chi connectivity index (χ4n) is 5.54. The summed E-state index contributed by atoms with van der Waals surface area (Å²) in [7, 11) is -0.766. The van der Waals surface area contributed by atoms with Crippen molar-refractivity contribution >= 4 is 39.0 Å². The summed E-state index contributed by atoms with van der Waals surface area (Å²) in [5.74, 6) is 0. The van der Waals surface area contributed by atoms with E-state index in [9.17, 15) is 0 Å². The Morgan fingerprint density at radius 3 is 2.15 bits per heavy atom. The molecule has 1 aromatic heterocycles. The number of aromatic nitrogens is 1. The lowest BCUT2D eigenvalue weighted by Gasteiger charge is -2.21. The molecule has 0 saturated heterocycles. The quantitative estimate of drug-likeness (QED) is 0.251. The predicted molar refractivity (Wildman–Crippen MR) is 149 cm³/mol. The lowest BCUT2D eigenvalue weighted by Crippen LogP contribution is -2.68. The normalized spacial score (nSPS) is 14.1. The SMILES string of the molecule is CN(C)c1ccc(/C=C2/CCCc3c[n+](Cc4ccccc4)c4c(ccc5ccccc54)c32)cc1.[O-][Cl+3]([O-])([O-])[O-]. The number of pyridine rings is 1. The summed E-state index contributed by atoms with van der Waals surface area (Å²) in [5.41, 5.74) is 9.53. The number of aryl methyl sites for hydroxylation is 1. The fraction of sp³-hybridized carbons (Fsp3) is 0.182. The van der Waals surface area contributed by atoms with Crippen LogP contribution in [-0.2, 0) is 13.0 Å². The van der Waals surface area contributed by atoms with Gasteiger partial charge in [0.25, 0.3) is 0 Å². The zero-order chi connectivity index (χ0) is 28.3. The van der Waals surface area contributed by atoms with Crippen molar-refractivity contribution in [2.45, 2.75) is 25.8 Å². The van der Waals surface area contributed by atoms with Crippen LogP contribution in [0.25, 0.3) is 33.3 Å². The third-order valence-corrected chi connectivity index (χ3v) is 7.25. The molecule has 0 amide bonds. The van der Waals surface area contributed by atoms with Crippen molar-refractivity contribution in [1.29, 1.82) is 0 Å². The molecule has 1 aliphatic rings. The summed E-state index contributed by atoms with van der Waals surface area (Å²) in [5, 5.41) is 3.99. The second-order valence-electron chi connectivity index (χ2n) is 10.2. The first-order chi connectivity index (χ1) is 19.2. The Hall–Kier alpha value is -3.78. The third kappa shape index (κ3) is 6.50.